The lowest BCUT2D eigenvalue weighted by Crippen LogP contribution is -2.08. The SMILES string of the molecule is CCCCCCCCOC1CCCC1. The molecule has 0 unspecified atom stereocenters. The van der Waals surface area contributed by atoms with Crippen LogP contribution in [0, 0.1) is 0 Å². The molecule has 14 heavy (non-hydrogen) atoms. The van der Waals surface area contributed by atoms with E-state index < -0.39 is 0 Å². The zero-order valence-corrected chi connectivity index (χ0v) is 9.76. The molecule has 0 amide bonds. The largest absolute Gasteiger partial charge is 0.378 e. The molecular weight excluding hydrogens is 172 g/mol. The van der Waals surface area contributed by atoms with Crippen LogP contribution in [0.1, 0.15) is 71.1 Å². The topological polar surface area (TPSA) is 9.23 Å². The van der Waals surface area contributed by atoms with E-state index in [2.05, 4.69) is 6.92 Å². The predicted octanol–water partition coefficient (Wildman–Crippen LogP) is 4.31. The van der Waals surface area contributed by atoms with Gasteiger partial charge in [0.1, 0.15) is 0 Å². The summed E-state index contributed by atoms with van der Waals surface area (Å²) in [6.45, 7) is 3.28. The third-order valence-corrected chi connectivity index (χ3v) is 3.15. The fourth-order valence-electron chi connectivity index (χ4n) is 2.19. The smallest absolute Gasteiger partial charge is 0.0575 e. The maximum absolute atomic E-state index is 5.81. The number of rotatable bonds is 8. The van der Waals surface area contributed by atoms with Crippen LogP contribution in [-0.4, -0.2) is 12.7 Å². The molecule has 0 N–H and O–H groups in total. The van der Waals surface area contributed by atoms with Crippen LogP contribution in [0.3, 0.4) is 0 Å². The van der Waals surface area contributed by atoms with Crippen molar-refractivity contribution in [3.63, 3.8) is 0 Å². The van der Waals surface area contributed by atoms with Crippen LogP contribution in [0.2, 0.25) is 0 Å². The summed E-state index contributed by atoms with van der Waals surface area (Å²) in [4.78, 5) is 0. The van der Waals surface area contributed by atoms with E-state index in [4.69, 9.17) is 4.74 Å². The molecule has 1 rings (SSSR count). The second kappa shape index (κ2) is 8.28. The van der Waals surface area contributed by atoms with Crippen molar-refractivity contribution in [3.05, 3.63) is 0 Å². The summed E-state index contributed by atoms with van der Waals surface area (Å²) in [7, 11) is 0. The molecule has 0 radical (unpaired) electrons. The first-order valence-electron chi connectivity index (χ1n) is 6.55. The molecule has 0 bridgehead atoms. The van der Waals surface area contributed by atoms with Gasteiger partial charge in [0, 0.05) is 6.61 Å². The maximum atomic E-state index is 5.81. The Morgan fingerprint density at radius 2 is 1.57 bits per heavy atom. The zero-order valence-electron chi connectivity index (χ0n) is 9.76. The van der Waals surface area contributed by atoms with E-state index >= 15 is 0 Å². The molecule has 0 aromatic rings. The van der Waals surface area contributed by atoms with E-state index in [0.717, 1.165) is 6.61 Å². The second-order valence-corrected chi connectivity index (χ2v) is 4.55. The van der Waals surface area contributed by atoms with Gasteiger partial charge in [0.25, 0.3) is 0 Å². The molecule has 1 nitrogen and oxygen atoms in total. The Morgan fingerprint density at radius 3 is 2.29 bits per heavy atom. The van der Waals surface area contributed by atoms with Crippen molar-refractivity contribution in [3.8, 4) is 0 Å². The van der Waals surface area contributed by atoms with Crippen LogP contribution < -0.4 is 0 Å². The van der Waals surface area contributed by atoms with Gasteiger partial charge in [-0.15, -0.1) is 0 Å². The monoisotopic (exact) mass is 198 g/mol. The number of hydrogen-bond acceptors (Lipinski definition) is 1. The molecule has 1 fully saturated rings. The van der Waals surface area contributed by atoms with Crippen LogP contribution in [0.15, 0.2) is 0 Å². The number of hydrogen-bond donors (Lipinski definition) is 0. The highest BCUT2D eigenvalue weighted by Crippen LogP contribution is 2.21. The summed E-state index contributed by atoms with van der Waals surface area (Å²) >= 11 is 0. The third kappa shape index (κ3) is 5.64. The summed E-state index contributed by atoms with van der Waals surface area (Å²) in [5, 5.41) is 0. The number of unbranched alkanes of at least 4 members (excludes halogenated alkanes) is 5. The molecule has 0 spiro atoms. The quantitative estimate of drug-likeness (QED) is 0.528. The van der Waals surface area contributed by atoms with Crippen molar-refractivity contribution >= 4 is 0 Å². The molecule has 1 saturated carbocycles. The van der Waals surface area contributed by atoms with Crippen LogP contribution >= 0.6 is 0 Å². The summed E-state index contributed by atoms with van der Waals surface area (Å²) in [6, 6.07) is 0. The van der Waals surface area contributed by atoms with Gasteiger partial charge in [-0.05, 0) is 19.3 Å². The molecule has 1 heteroatoms. The molecule has 0 heterocycles. The molecular formula is C13H26O. The lowest BCUT2D eigenvalue weighted by atomic mass is 10.1. The van der Waals surface area contributed by atoms with Gasteiger partial charge < -0.3 is 4.74 Å². The fourth-order valence-corrected chi connectivity index (χ4v) is 2.19. The lowest BCUT2D eigenvalue weighted by Gasteiger charge is -2.10. The van der Waals surface area contributed by atoms with E-state index in [-0.39, 0.29) is 0 Å². The fraction of sp³-hybridized carbons (Fsp3) is 1.00. The molecule has 0 saturated heterocycles. The van der Waals surface area contributed by atoms with Crippen LogP contribution in [0.5, 0.6) is 0 Å². The van der Waals surface area contributed by atoms with Gasteiger partial charge in [-0.3, -0.25) is 0 Å². The van der Waals surface area contributed by atoms with E-state index in [1.165, 1.54) is 64.2 Å². The number of ether oxygens (including phenoxy) is 1. The van der Waals surface area contributed by atoms with Crippen molar-refractivity contribution in [2.45, 2.75) is 77.2 Å². The van der Waals surface area contributed by atoms with Crippen molar-refractivity contribution in [1.29, 1.82) is 0 Å². The predicted molar refractivity (Wildman–Crippen MR) is 61.6 cm³/mol. The first-order valence-corrected chi connectivity index (χ1v) is 6.55. The van der Waals surface area contributed by atoms with Crippen molar-refractivity contribution in [1.82, 2.24) is 0 Å². The Bertz CT molecular complexity index is 116. The molecule has 84 valence electrons. The van der Waals surface area contributed by atoms with Gasteiger partial charge in [-0.1, -0.05) is 51.9 Å². The van der Waals surface area contributed by atoms with Gasteiger partial charge in [0.2, 0.25) is 0 Å². The average Bonchev–Trinajstić information content (AvgIpc) is 2.69. The summed E-state index contributed by atoms with van der Waals surface area (Å²) in [5.74, 6) is 0. The van der Waals surface area contributed by atoms with Gasteiger partial charge in [-0.25, -0.2) is 0 Å². The van der Waals surface area contributed by atoms with Gasteiger partial charge in [0.05, 0.1) is 6.10 Å². The van der Waals surface area contributed by atoms with Crippen LogP contribution in [-0.2, 0) is 4.74 Å². The molecule has 0 atom stereocenters. The molecule has 0 aromatic heterocycles. The van der Waals surface area contributed by atoms with Crippen LogP contribution in [0.4, 0.5) is 0 Å². The first kappa shape index (κ1) is 12.0. The molecule has 0 aromatic carbocycles. The van der Waals surface area contributed by atoms with Crippen molar-refractivity contribution < 1.29 is 4.74 Å². The van der Waals surface area contributed by atoms with E-state index in [1.807, 2.05) is 0 Å². The molecule has 1 aliphatic rings. The maximum Gasteiger partial charge on any atom is 0.0575 e. The van der Waals surface area contributed by atoms with Gasteiger partial charge in [-0.2, -0.15) is 0 Å². The van der Waals surface area contributed by atoms with Crippen LogP contribution in [0.25, 0.3) is 0 Å². The standard InChI is InChI=1S/C13H26O/c1-2-3-4-5-6-9-12-14-13-10-7-8-11-13/h13H,2-12H2,1H3. The Labute approximate surface area is 89.2 Å². The average molecular weight is 198 g/mol. The first-order chi connectivity index (χ1) is 6.93. The van der Waals surface area contributed by atoms with Crippen molar-refractivity contribution in [2.75, 3.05) is 6.61 Å². The van der Waals surface area contributed by atoms with E-state index in [0.29, 0.717) is 6.10 Å². The van der Waals surface area contributed by atoms with Gasteiger partial charge >= 0.3 is 0 Å². The zero-order chi connectivity index (χ0) is 10.1. The summed E-state index contributed by atoms with van der Waals surface area (Å²) < 4.78 is 5.81. The lowest BCUT2D eigenvalue weighted by molar-refractivity contribution is 0.0556. The summed E-state index contributed by atoms with van der Waals surface area (Å²) in [5.41, 5.74) is 0. The molecule has 0 aliphatic heterocycles. The second-order valence-electron chi connectivity index (χ2n) is 4.55. The highest BCUT2D eigenvalue weighted by atomic mass is 16.5. The normalized spacial score (nSPS) is 17.8. The van der Waals surface area contributed by atoms with E-state index in [9.17, 15) is 0 Å². The Morgan fingerprint density at radius 1 is 0.929 bits per heavy atom. The minimum Gasteiger partial charge on any atom is -0.378 e. The molecule has 1 aliphatic carbocycles. The van der Waals surface area contributed by atoms with E-state index in [1.54, 1.807) is 0 Å². The minimum absolute atomic E-state index is 0.616. The van der Waals surface area contributed by atoms with Gasteiger partial charge in [0.15, 0.2) is 0 Å². The summed E-state index contributed by atoms with van der Waals surface area (Å²) in [6.07, 6.45) is 14.2. The highest BCUT2D eigenvalue weighted by molar-refractivity contribution is 4.66. The Hall–Kier alpha value is -0.0400. The highest BCUT2D eigenvalue weighted by Gasteiger charge is 2.14. The minimum atomic E-state index is 0.616. The Kier molecular flexibility index (Phi) is 7.12. The third-order valence-electron chi connectivity index (χ3n) is 3.15. The Balaban J connectivity index is 1.75. The van der Waals surface area contributed by atoms with Crippen molar-refractivity contribution in [2.24, 2.45) is 0 Å².